The average molecular weight is 358 g/mol. The van der Waals surface area contributed by atoms with Crippen molar-refractivity contribution in [3.05, 3.63) is 64.0 Å². The molecule has 112 valence electrons. The van der Waals surface area contributed by atoms with Crippen LogP contribution in [0.25, 0.3) is 11.5 Å². The van der Waals surface area contributed by atoms with Gasteiger partial charge in [-0.25, -0.2) is 0 Å². The Bertz CT molecular complexity index is 798. The molecule has 5 heteroatoms. The SMILES string of the molecule is Cc1cccc(-c2nnc(CNc3ccc(Br)cc3C)o2)c1. The highest BCUT2D eigenvalue weighted by atomic mass is 79.9. The van der Waals surface area contributed by atoms with Crippen LogP contribution in [0, 0.1) is 13.8 Å². The lowest BCUT2D eigenvalue weighted by Gasteiger charge is -2.07. The summed E-state index contributed by atoms with van der Waals surface area (Å²) in [5, 5.41) is 11.5. The molecular weight excluding hydrogens is 342 g/mol. The van der Waals surface area contributed by atoms with Crippen LogP contribution >= 0.6 is 15.9 Å². The Kier molecular flexibility index (Phi) is 4.24. The molecule has 1 N–H and O–H groups in total. The van der Waals surface area contributed by atoms with Crippen molar-refractivity contribution in [1.29, 1.82) is 0 Å². The Labute approximate surface area is 137 Å². The van der Waals surface area contributed by atoms with Crippen LogP contribution in [0.1, 0.15) is 17.0 Å². The molecule has 3 rings (SSSR count). The molecule has 0 aliphatic rings. The lowest BCUT2D eigenvalue weighted by molar-refractivity contribution is 0.515. The minimum absolute atomic E-state index is 0.501. The van der Waals surface area contributed by atoms with Gasteiger partial charge in [-0.3, -0.25) is 0 Å². The zero-order chi connectivity index (χ0) is 15.5. The van der Waals surface area contributed by atoms with Gasteiger partial charge in [-0.1, -0.05) is 33.6 Å². The van der Waals surface area contributed by atoms with Gasteiger partial charge in [0.1, 0.15) is 0 Å². The van der Waals surface area contributed by atoms with E-state index in [1.807, 2.05) is 43.3 Å². The fraction of sp³-hybridized carbons (Fsp3) is 0.176. The predicted octanol–water partition coefficient (Wildman–Crippen LogP) is 4.73. The third-order valence-corrected chi connectivity index (χ3v) is 3.84. The van der Waals surface area contributed by atoms with Crippen molar-refractivity contribution in [2.45, 2.75) is 20.4 Å². The molecule has 0 aliphatic carbocycles. The second kappa shape index (κ2) is 6.32. The molecule has 22 heavy (non-hydrogen) atoms. The Morgan fingerprint density at radius 3 is 2.73 bits per heavy atom. The van der Waals surface area contributed by atoms with Crippen LogP contribution in [0.5, 0.6) is 0 Å². The summed E-state index contributed by atoms with van der Waals surface area (Å²) in [5.41, 5.74) is 4.32. The number of halogens is 1. The van der Waals surface area contributed by atoms with Crippen LogP contribution in [0.15, 0.2) is 51.4 Å². The maximum atomic E-state index is 5.72. The largest absolute Gasteiger partial charge is 0.419 e. The zero-order valence-corrected chi connectivity index (χ0v) is 14.0. The first kappa shape index (κ1) is 14.8. The Morgan fingerprint density at radius 2 is 1.95 bits per heavy atom. The van der Waals surface area contributed by atoms with Gasteiger partial charge in [0.15, 0.2) is 0 Å². The zero-order valence-electron chi connectivity index (χ0n) is 12.4. The van der Waals surface area contributed by atoms with Gasteiger partial charge < -0.3 is 9.73 Å². The molecule has 0 bridgehead atoms. The summed E-state index contributed by atoms with van der Waals surface area (Å²) in [7, 11) is 0. The summed E-state index contributed by atoms with van der Waals surface area (Å²) in [6.45, 7) is 4.60. The lowest BCUT2D eigenvalue weighted by atomic mass is 10.1. The van der Waals surface area contributed by atoms with Crippen LogP contribution < -0.4 is 5.32 Å². The van der Waals surface area contributed by atoms with Gasteiger partial charge in [0.05, 0.1) is 6.54 Å². The second-order valence-electron chi connectivity index (χ2n) is 5.18. The van der Waals surface area contributed by atoms with Crippen LogP contribution in [-0.4, -0.2) is 10.2 Å². The van der Waals surface area contributed by atoms with Gasteiger partial charge in [-0.05, 0) is 49.7 Å². The third-order valence-electron chi connectivity index (χ3n) is 3.35. The van der Waals surface area contributed by atoms with E-state index in [-0.39, 0.29) is 0 Å². The number of anilines is 1. The molecule has 0 unspecified atom stereocenters. The minimum Gasteiger partial charge on any atom is -0.419 e. The van der Waals surface area contributed by atoms with Gasteiger partial charge in [-0.15, -0.1) is 10.2 Å². The monoisotopic (exact) mass is 357 g/mol. The highest BCUT2D eigenvalue weighted by Crippen LogP contribution is 2.22. The van der Waals surface area contributed by atoms with Crippen molar-refractivity contribution in [1.82, 2.24) is 10.2 Å². The normalized spacial score (nSPS) is 10.7. The van der Waals surface area contributed by atoms with Gasteiger partial charge in [0.2, 0.25) is 11.8 Å². The first-order chi connectivity index (χ1) is 10.6. The van der Waals surface area contributed by atoms with Crippen LogP contribution in [0.3, 0.4) is 0 Å². The molecule has 0 atom stereocenters. The third kappa shape index (κ3) is 3.36. The number of hydrogen-bond donors (Lipinski definition) is 1. The molecule has 4 nitrogen and oxygen atoms in total. The summed E-state index contributed by atoms with van der Waals surface area (Å²) in [5.74, 6) is 1.12. The van der Waals surface area contributed by atoms with E-state index >= 15 is 0 Å². The summed E-state index contributed by atoms with van der Waals surface area (Å²) >= 11 is 3.46. The predicted molar refractivity (Wildman–Crippen MR) is 90.7 cm³/mol. The smallest absolute Gasteiger partial charge is 0.247 e. The van der Waals surface area contributed by atoms with Crippen molar-refractivity contribution in [3.63, 3.8) is 0 Å². The van der Waals surface area contributed by atoms with E-state index in [1.165, 1.54) is 5.56 Å². The fourth-order valence-corrected chi connectivity index (χ4v) is 2.69. The first-order valence-corrected chi connectivity index (χ1v) is 7.80. The van der Waals surface area contributed by atoms with Crippen LogP contribution in [-0.2, 0) is 6.54 Å². The Hall–Kier alpha value is -2.14. The number of benzene rings is 2. The summed E-state index contributed by atoms with van der Waals surface area (Å²) in [6.07, 6.45) is 0. The number of hydrogen-bond acceptors (Lipinski definition) is 4. The molecule has 0 fully saturated rings. The molecule has 0 saturated heterocycles. The minimum atomic E-state index is 0.501. The molecule has 1 heterocycles. The summed E-state index contributed by atoms with van der Waals surface area (Å²) in [4.78, 5) is 0. The van der Waals surface area contributed by atoms with Gasteiger partial charge >= 0.3 is 0 Å². The van der Waals surface area contributed by atoms with Gasteiger partial charge in [0, 0.05) is 15.7 Å². The topological polar surface area (TPSA) is 51.0 Å². The summed E-state index contributed by atoms with van der Waals surface area (Å²) in [6, 6.07) is 14.1. The van der Waals surface area contributed by atoms with E-state index in [0.717, 1.165) is 21.3 Å². The Morgan fingerprint density at radius 1 is 1.09 bits per heavy atom. The van der Waals surface area contributed by atoms with Crippen molar-refractivity contribution < 1.29 is 4.42 Å². The molecular formula is C17H16BrN3O. The molecule has 0 radical (unpaired) electrons. The van der Waals surface area contributed by atoms with Crippen molar-refractivity contribution in [2.75, 3.05) is 5.32 Å². The molecule has 0 spiro atoms. The lowest BCUT2D eigenvalue weighted by Crippen LogP contribution is -2.01. The number of nitrogens with zero attached hydrogens (tertiary/aromatic N) is 2. The molecule has 0 saturated carbocycles. The maximum absolute atomic E-state index is 5.72. The molecule has 2 aromatic carbocycles. The summed E-state index contributed by atoms with van der Waals surface area (Å²) < 4.78 is 6.78. The average Bonchev–Trinajstić information content (AvgIpc) is 2.95. The van der Waals surface area contributed by atoms with Crippen molar-refractivity contribution >= 4 is 21.6 Å². The van der Waals surface area contributed by atoms with Crippen LogP contribution in [0.2, 0.25) is 0 Å². The number of rotatable bonds is 4. The molecule has 0 aliphatic heterocycles. The fourth-order valence-electron chi connectivity index (χ4n) is 2.22. The Balaban J connectivity index is 1.72. The van der Waals surface area contributed by atoms with Crippen LogP contribution in [0.4, 0.5) is 5.69 Å². The van der Waals surface area contributed by atoms with Gasteiger partial charge in [0.25, 0.3) is 0 Å². The van der Waals surface area contributed by atoms with E-state index in [1.54, 1.807) is 0 Å². The highest BCUT2D eigenvalue weighted by molar-refractivity contribution is 9.10. The molecule has 1 aromatic heterocycles. The second-order valence-corrected chi connectivity index (χ2v) is 6.10. The molecule has 3 aromatic rings. The van der Waals surface area contributed by atoms with E-state index in [2.05, 4.69) is 44.4 Å². The quantitative estimate of drug-likeness (QED) is 0.733. The van der Waals surface area contributed by atoms with E-state index in [4.69, 9.17) is 4.42 Å². The standard InChI is InChI=1S/C17H16BrN3O/c1-11-4-3-5-13(8-11)17-21-20-16(22-17)10-19-15-7-6-14(18)9-12(15)2/h3-9,19H,10H2,1-2H3. The number of aryl methyl sites for hydroxylation is 2. The maximum Gasteiger partial charge on any atom is 0.247 e. The molecule has 0 amide bonds. The first-order valence-electron chi connectivity index (χ1n) is 7.01. The highest BCUT2D eigenvalue weighted by Gasteiger charge is 2.09. The van der Waals surface area contributed by atoms with Crippen molar-refractivity contribution in [3.8, 4) is 11.5 Å². The van der Waals surface area contributed by atoms with E-state index in [0.29, 0.717) is 18.3 Å². The number of aromatic nitrogens is 2. The van der Waals surface area contributed by atoms with Gasteiger partial charge in [-0.2, -0.15) is 0 Å². The van der Waals surface area contributed by atoms with E-state index < -0.39 is 0 Å². The number of nitrogens with one attached hydrogen (secondary N) is 1. The van der Waals surface area contributed by atoms with E-state index in [9.17, 15) is 0 Å². The van der Waals surface area contributed by atoms with Crippen molar-refractivity contribution in [2.24, 2.45) is 0 Å².